The average Bonchev–Trinajstić information content (AvgIpc) is 2.27. The van der Waals surface area contributed by atoms with E-state index in [4.69, 9.17) is 5.73 Å². The molecule has 0 fully saturated rings. The van der Waals surface area contributed by atoms with Gasteiger partial charge in [0.15, 0.2) is 5.96 Å². The molecule has 0 aromatic carbocycles. The van der Waals surface area contributed by atoms with Gasteiger partial charge < -0.3 is 16.0 Å². The zero-order chi connectivity index (χ0) is 14.8. The maximum Gasteiger partial charge on any atom is 0.223 e. The fraction of sp³-hybridized carbons (Fsp3) is 0.857. The second-order valence-corrected chi connectivity index (χ2v) is 5.68. The number of guanidine groups is 1. The summed E-state index contributed by atoms with van der Waals surface area (Å²) >= 11 is 0. The van der Waals surface area contributed by atoms with Crippen LogP contribution in [0.15, 0.2) is 4.99 Å². The lowest BCUT2D eigenvalue weighted by Crippen LogP contribution is -2.38. The molecule has 0 aromatic rings. The summed E-state index contributed by atoms with van der Waals surface area (Å²) in [7, 11) is 3.48. The van der Waals surface area contributed by atoms with Crippen LogP contribution in [0.2, 0.25) is 0 Å². The number of carbonyl (C=O) groups excluding carboxylic acids is 1. The molecule has 1 atom stereocenters. The summed E-state index contributed by atoms with van der Waals surface area (Å²) in [6.07, 6.45) is 3.92. The summed E-state index contributed by atoms with van der Waals surface area (Å²) in [6.45, 7) is 7.01. The average molecular weight is 398 g/mol. The molecule has 0 aliphatic heterocycles. The Kier molecular flexibility index (Phi) is 13.3. The van der Waals surface area contributed by atoms with Crippen LogP contribution in [-0.2, 0) is 4.79 Å². The number of hydrogen-bond donors (Lipinski definition) is 2. The fourth-order valence-electron chi connectivity index (χ4n) is 1.70. The topological polar surface area (TPSA) is 70.7 Å². The Hall–Kier alpha value is -0.530. The van der Waals surface area contributed by atoms with E-state index in [-0.39, 0.29) is 29.9 Å². The Bertz CT molecular complexity index is 293. The first-order valence-electron chi connectivity index (χ1n) is 7.09. The highest BCUT2D eigenvalue weighted by atomic mass is 127. The number of nitrogens with two attached hydrogens (primary N) is 1. The first kappa shape index (κ1) is 21.8. The van der Waals surface area contributed by atoms with Crippen LogP contribution in [0.3, 0.4) is 0 Å². The van der Waals surface area contributed by atoms with Crippen molar-refractivity contribution >= 4 is 35.8 Å². The molecule has 0 aromatic heterocycles. The Balaban J connectivity index is 0. The molecule has 0 radical (unpaired) electrons. The molecule has 0 heterocycles. The number of rotatable bonds is 8. The summed E-state index contributed by atoms with van der Waals surface area (Å²) in [5, 5.41) is 3.16. The summed E-state index contributed by atoms with van der Waals surface area (Å²) in [6, 6.07) is 0.326. The molecule has 20 heavy (non-hydrogen) atoms. The molecular weight excluding hydrogens is 367 g/mol. The summed E-state index contributed by atoms with van der Waals surface area (Å²) < 4.78 is 0. The third-order valence-electron chi connectivity index (χ3n) is 2.92. The van der Waals surface area contributed by atoms with Crippen LogP contribution in [0.5, 0.6) is 0 Å². The quantitative estimate of drug-likeness (QED) is 0.374. The highest BCUT2D eigenvalue weighted by Gasteiger charge is 2.05. The lowest BCUT2D eigenvalue weighted by atomic mass is 10.0. The van der Waals surface area contributed by atoms with Gasteiger partial charge >= 0.3 is 0 Å². The van der Waals surface area contributed by atoms with Crippen molar-refractivity contribution in [1.82, 2.24) is 10.2 Å². The predicted octanol–water partition coefficient (Wildman–Crippen LogP) is 2.20. The Morgan fingerprint density at radius 2 is 1.85 bits per heavy atom. The van der Waals surface area contributed by atoms with E-state index >= 15 is 0 Å². The fourth-order valence-corrected chi connectivity index (χ4v) is 1.70. The molecule has 0 aliphatic carbocycles. The van der Waals surface area contributed by atoms with Crippen LogP contribution in [0.1, 0.15) is 46.5 Å². The van der Waals surface area contributed by atoms with Gasteiger partial charge in [-0.3, -0.25) is 9.79 Å². The minimum absolute atomic E-state index is 0. The number of nitrogens with one attached hydrogen (secondary N) is 1. The van der Waals surface area contributed by atoms with E-state index in [1.54, 1.807) is 19.0 Å². The van der Waals surface area contributed by atoms with Gasteiger partial charge in [-0.1, -0.05) is 26.7 Å². The molecule has 0 spiro atoms. The Labute approximate surface area is 140 Å². The number of nitrogens with zero attached hydrogens (tertiary/aromatic N) is 2. The first-order valence-corrected chi connectivity index (χ1v) is 7.09. The molecule has 120 valence electrons. The van der Waals surface area contributed by atoms with Crippen molar-refractivity contribution < 1.29 is 4.79 Å². The van der Waals surface area contributed by atoms with Crippen LogP contribution < -0.4 is 11.1 Å². The van der Waals surface area contributed by atoms with E-state index in [2.05, 4.69) is 31.1 Å². The van der Waals surface area contributed by atoms with Crippen molar-refractivity contribution in [2.45, 2.75) is 52.5 Å². The first-order chi connectivity index (χ1) is 8.82. The number of amides is 1. The minimum Gasteiger partial charge on any atom is -0.370 e. The Morgan fingerprint density at radius 3 is 2.35 bits per heavy atom. The molecule has 3 N–H and O–H groups in total. The number of hydrogen-bond acceptors (Lipinski definition) is 2. The van der Waals surface area contributed by atoms with E-state index in [1.165, 1.54) is 12.8 Å². The summed E-state index contributed by atoms with van der Waals surface area (Å²) in [5.41, 5.74) is 5.78. The second kappa shape index (κ2) is 12.2. The lowest BCUT2D eigenvalue weighted by Gasteiger charge is -2.15. The SMILES string of the molecule is CC(C)CCCC(C)NC(N)=NCCC(=O)N(C)C.I. The molecule has 6 heteroatoms. The molecule has 0 saturated heterocycles. The smallest absolute Gasteiger partial charge is 0.223 e. The minimum atomic E-state index is 0. The summed E-state index contributed by atoms with van der Waals surface area (Å²) in [5.74, 6) is 1.25. The van der Waals surface area contributed by atoms with Crippen LogP contribution in [0.25, 0.3) is 0 Å². The molecule has 0 rings (SSSR count). The van der Waals surface area contributed by atoms with E-state index in [1.807, 2.05) is 0 Å². The van der Waals surface area contributed by atoms with E-state index in [0.717, 1.165) is 12.3 Å². The van der Waals surface area contributed by atoms with Gasteiger partial charge in [0.25, 0.3) is 0 Å². The number of halogens is 1. The zero-order valence-corrected chi connectivity index (χ0v) is 15.8. The molecule has 5 nitrogen and oxygen atoms in total. The number of carbonyl (C=O) groups is 1. The predicted molar refractivity (Wildman–Crippen MR) is 96.5 cm³/mol. The van der Waals surface area contributed by atoms with E-state index in [0.29, 0.717) is 25.0 Å². The van der Waals surface area contributed by atoms with Crippen LogP contribution in [-0.4, -0.2) is 43.4 Å². The van der Waals surface area contributed by atoms with Crippen molar-refractivity contribution in [2.24, 2.45) is 16.6 Å². The van der Waals surface area contributed by atoms with E-state index < -0.39 is 0 Å². The van der Waals surface area contributed by atoms with Crippen molar-refractivity contribution in [3.63, 3.8) is 0 Å². The largest absolute Gasteiger partial charge is 0.370 e. The van der Waals surface area contributed by atoms with E-state index in [9.17, 15) is 4.79 Å². The molecule has 1 amide bonds. The van der Waals surface area contributed by atoms with Crippen LogP contribution >= 0.6 is 24.0 Å². The van der Waals surface area contributed by atoms with Gasteiger partial charge in [0.1, 0.15) is 0 Å². The molecule has 1 unspecified atom stereocenters. The third kappa shape index (κ3) is 12.5. The van der Waals surface area contributed by atoms with Crippen molar-refractivity contribution in [3.8, 4) is 0 Å². The third-order valence-corrected chi connectivity index (χ3v) is 2.92. The van der Waals surface area contributed by atoms with Gasteiger partial charge in [0.05, 0.1) is 6.54 Å². The molecule has 0 aliphatic rings. The Morgan fingerprint density at radius 1 is 1.25 bits per heavy atom. The van der Waals surface area contributed by atoms with Gasteiger partial charge in [-0.15, -0.1) is 24.0 Å². The van der Waals surface area contributed by atoms with Gasteiger partial charge in [-0.25, -0.2) is 0 Å². The second-order valence-electron chi connectivity index (χ2n) is 5.68. The number of aliphatic imine (C=N–C) groups is 1. The van der Waals surface area contributed by atoms with Crippen molar-refractivity contribution in [3.05, 3.63) is 0 Å². The normalized spacial score (nSPS) is 12.8. The lowest BCUT2D eigenvalue weighted by molar-refractivity contribution is -0.128. The standard InChI is InChI=1S/C14H30N4O.HI/c1-11(2)7-6-8-12(3)17-14(15)16-10-9-13(19)18(4)5;/h11-12H,6-10H2,1-5H3,(H3,15,16,17);1H. The van der Waals surface area contributed by atoms with Gasteiger partial charge in [-0.2, -0.15) is 0 Å². The molecule has 0 saturated carbocycles. The zero-order valence-electron chi connectivity index (χ0n) is 13.5. The maximum absolute atomic E-state index is 11.3. The summed E-state index contributed by atoms with van der Waals surface area (Å²) in [4.78, 5) is 17.1. The highest BCUT2D eigenvalue weighted by molar-refractivity contribution is 14.0. The monoisotopic (exact) mass is 398 g/mol. The van der Waals surface area contributed by atoms with Gasteiger partial charge in [0, 0.05) is 26.6 Å². The molecule has 0 bridgehead atoms. The maximum atomic E-state index is 11.3. The highest BCUT2D eigenvalue weighted by Crippen LogP contribution is 2.07. The van der Waals surface area contributed by atoms with Crippen molar-refractivity contribution in [1.29, 1.82) is 0 Å². The van der Waals surface area contributed by atoms with Crippen LogP contribution in [0, 0.1) is 5.92 Å². The van der Waals surface area contributed by atoms with Crippen LogP contribution in [0.4, 0.5) is 0 Å². The van der Waals surface area contributed by atoms with Gasteiger partial charge in [-0.05, 0) is 19.3 Å². The molecular formula is C14H31IN4O. The van der Waals surface area contributed by atoms with Gasteiger partial charge in [0.2, 0.25) is 5.91 Å². The van der Waals surface area contributed by atoms with Crippen molar-refractivity contribution in [2.75, 3.05) is 20.6 Å².